The zero-order valence-corrected chi connectivity index (χ0v) is 6.77. The lowest BCUT2D eigenvalue weighted by Gasteiger charge is -1.77. The summed E-state index contributed by atoms with van der Waals surface area (Å²) >= 11 is 0. The number of nitrogens with zero attached hydrogens (tertiary/aromatic N) is 2. The summed E-state index contributed by atoms with van der Waals surface area (Å²) in [7, 11) is -0.637. The highest BCUT2D eigenvalue weighted by Crippen LogP contribution is 2.25. The predicted molar refractivity (Wildman–Crippen MR) is 43.2 cm³/mol. The molecule has 0 spiro atoms. The largest absolute Gasteiger partial charge is 0.275 e. The van der Waals surface area contributed by atoms with Crippen molar-refractivity contribution in [2.24, 2.45) is 0 Å². The zero-order valence-electron chi connectivity index (χ0n) is 5.96. The molecule has 3 nitrogen and oxygen atoms in total. The second-order valence-corrected chi connectivity index (χ2v) is 3.47. The van der Waals surface area contributed by atoms with Crippen molar-refractivity contribution < 1.29 is 0 Å². The fourth-order valence-corrected chi connectivity index (χ4v) is 1.99. The SMILES string of the molecule is Cc1c(C#N)c[s+](N)c1C#N. The molecule has 0 bridgehead atoms. The lowest BCUT2D eigenvalue weighted by molar-refractivity contribution is 1.42. The molecule has 0 aromatic carbocycles. The van der Waals surface area contributed by atoms with Gasteiger partial charge in [-0.25, -0.2) is 0 Å². The molecule has 0 aliphatic heterocycles. The Bertz CT molecular complexity index is 364. The molecule has 0 fully saturated rings. The van der Waals surface area contributed by atoms with Crippen LogP contribution in [-0.4, -0.2) is 0 Å². The maximum Gasteiger partial charge on any atom is 0.275 e. The van der Waals surface area contributed by atoms with Gasteiger partial charge >= 0.3 is 0 Å². The van der Waals surface area contributed by atoms with E-state index < -0.39 is 10.7 Å². The second-order valence-electron chi connectivity index (χ2n) is 2.08. The Kier molecular flexibility index (Phi) is 1.91. The fraction of sp³-hybridized carbons (Fsp3) is 0.143. The molecule has 0 radical (unpaired) electrons. The van der Waals surface area contributed by atoms with Crippen molar-refractivity contribution in [2.75, 3.05) is 5.14 Å². The molecule has 0 saturated carbocycles. The number of nitrogens with two attached hydrogens (primary N) is 1. The Balaban J connectivity index is 3.43. The molecule has 4 heteroatoms. The minimum atomic E-state index is -0.637. The Morgan fingerprint density at radius 1 is 1.45 bits per heavy atom. The van der Waals surface area contributed by atoms with Crippen molar-refractivity contribution in [1.82, 2.24) is 0 Å². The molecular formula is C7H6N3S+. The summed E-state index contributed by atoms with van der Waals surface area (Å²) in [4.78, 5) is 0.529. The molecule has 1 aromatic heterocycles. The molecule has 0 aliphatic rings. The number of nitrogen functional groups attached to an aromatic ring is 1. The van der Waals surface area contributed by atoms with Gasteiger partial charge in [0.15, 0.2) is 11.4 Å². The van der Waals surface area contributed by atoms with Crippen LogP contribution in [0.2, 0.25) is 0 Å². The summed E-state index contributed by atoms with van der Waals surface area (Å²) in [6.07, 6.45) is 0. The van der Waals surface area contributed by atoms with E-state index in [1.165, 1.54) is 0 Å². The third-order valence-electron chi connectivity index (χ3n) is 1.45. The Morgan fingerprint density at radius 3 is 2.36 bits per heavy atom. The Morgan fingerprint density at radius 2 is 2.09 bits per heavy atom. The van der Waals surface area contributed by atoms with Crippen LogP contribution in [-0.2, 0) is 0 Å². The van der Waals surface area contributed by atoms with Gasteiger partial charge in [0.1, 0.15) is 11.6 Å². The molecule has 0 saturated heterocycles. The van der Waals surface area contributed by atoms with E-state index in [9.17, 15) is 0 Å². The Hall–Kier alpha value is -1.36. The van der Waals surface area contributed by atoms with Crippen LogP contribution >= 0.6 is 10.7 Å². The van der Waals surface area contributed by atoms with Gasteiger partial charge in [-0.05, 0) is 6.92 Å². The smallest absolute Gasteiger partial charge is 0.192 e. The first-order valence-corrected chi connectivity index (χ1v) is 4.26. The molecule has 54 valence electrons. The number of nitriles is 2. The molecule has 1 unspecified atom stereocenters. The molecule has 1 atom stereocenters. The highest BCUT2D eigenvalue weighted by atomic mass is 32.2. The molecule has 1 rings (SSSR count). The molecule has 2 N–H and O–H groups in total. The molecular weight excluding hydrogens is 158 g/mol. The lowest BCUT2D eigenvalue weighted by Crippen LogP contribution is -1.81. The average molecular weight is 164 g/mol. The quantitative estimate of drug-likeness (QED) is 0.585. The number of rotatable bonds is 0. The number of thiophene rings is 1. The van der Waals surface area contributed by atoms with Crippen molar-refractivity contribution in [1.29, 1.82) is 10.5 Å². The number of hydrogen-bond donors (Lipinski definition) is 1. The van der Waals surface area contributed by atoms with Gasteiger partial charge < -0.3 is 0 Å². The monoisotopic (exact) mass is 164 g/mol. The minimum absolute atomic E-state index is 0.529. The van der Waals surface area contributed by atoms with E-state index in [1.807, 2.05) is 12.1 Å². The van der Waals surface area contributed by atoms with Crippen molar-refractivity contribution >= 4 is 10.7 Å². The molecule has 11 heavy (non-hydrogen) atoms. The zero-order chi connectivity index (χ0) is 8.43. The predicted octanol–water partition coefficient (Wildman–Crippen LogP) is 1.20. The minimum Gasteiger partial charge on any atom is -0.192 e. The molecule has 1 heterocycles. The Labute approximate surface area is 67.4 Å². The highest BCUT2D eigenvalue weighted by molar-refractivity contribution is 7.30. The second kappa shape index (κ2) is 2.71. The first-order chi connectivity index (χ1) is 5.20. The van der Waals surface area contributed by atoms with Crippen molar-refractivity contribution in [3.8, 4) is 12.1 Å². The molecule has 1 aromatic rings. The van der Waals surface area contributed by atoms with Crippen LogP contribution < -0.4 is 5.14 Å². The van der Waals surface area contributed by atoms with E-state index >= 15 is 0 Å². The van der Waals surface area contributed by atoms with Crippen molar-refractivity contribution in [3.63, 3.8) is 0 Å². The topological polar surface area (TPSA) is 73.6 Å². The van der Waals surface area contributed by atoms with Crippen LogP contribution in [0.25, 0.3) is 0 Å². The third-order valence-corrected chi connectivity index (χ3v) is 2.81. The third kappa shape index (κ3) is 1.10. The summed E-state index contributed by atoms with van der Waals surface area (Å²) in [5.41, 5.74) is 1.26. The van der Waals surface area contributed by atoms with Gasteiger partial charge in [0.2, 0.25) is 0 Å². The van der Waals surface area contributed by atoms with E-state index in [1.54, 1.807) is 12.3 Å². The summed E-state index contributed by atoms with van der Waals surface area (Å²) in [6.45, 7) is 1.74. The van der Waals surface area contributed by atoms with Gasteiger partial charge in [0.25, 0.3) is 4.88 Å². The van der Waals surface area contributed by atoms with Crippen LogP contribution in [0.5, 0.6) is 0 Å². The van der Waals surface area contributed by atoms with E-state index in [4.69, 9.17) is 15.7 Å². The first-order valence-electron chi connectivity index (χ1n) is 2.91. The van der Waals surface area contributed by atoms with E-state index in [2.05, 4.69) is 0 Å². The fourth-order valence-electron chi connectivity index (χ4n) is 0.820. The molecule has 0 amide bonds. The number of hydrogen-bond acceptors (Lipinski definition) is 3. The van der Waals surface area contributed by atoms with Gasteiger partial charge in [0.05, 0.1) is 10.7 Å². The van der Waals surface area contributed by atoms with Gasteiger partial charge in [-0.1, -0.05) is 0 Å². The standard InChI is InChI=1S/C7H6N3S/c1-5-6(2-8)4-11(10)7(5)3-9/h4H,10H2,1H3/q+1. The average Bonchev–Trinajstić information content (AvgIpc) is 2.26. The van der Waals surface area contributed by atoms with E-state index in [-0.39, 0.29) is 0 Å². The summed E-state index contributed by atoms with van der Waals surface area (Å²) < 4.78 is 0. The van der Waals surface area contributed by atoms with Gasteiger partial charge in [-0.2, -0.15) is 10.5 Å². The maximum absolute atomic E-state index is 8.60. The van der Waals surface area contributed by atoms with Gasteiger partial charge in [-0.3, -0.25) is 0 Å². The van der Waals surface area contributed by atoms with E-state index in [0.717, 1.165) is 5.56 Å². The van der Waals surface area contributed by atoms with Crippen LogP contribution in [0.4, 0.5) is 0 Å². The first kappa shape index (κ1) is 7.74. The van der Waals surface area contributed by atoms with Crippen molar-refractivity contribution in [2.45, 2.75) is 6.92 Å². The maximum atomic E-state index is 8.60. The summed E-state index contributed by atoms with van der Waals surface area (Å²) in [5.74, 6) is 0. The molecule has 0 aliphatic carbocycles. The van der Waals surface area contributed by atoms with Crippen LogP contribution in [0, 0.1) is 29.6 Å². The van der Waals surface area contributed by atoms with Crippen LogP contribution in [0.1, 0.15) is 16.0 Å². The summed E-state index contributed by atoms with van der Waals surface area (Å²) in [5, 5.41) is 24.3. The van der Waals surface area contributed by atoms with Gasteiger partial charge in [-0.15, -0.1) is 5.14 Å². The van der Waals surface area contributed by atoms with Gasteiger partial charge in [0, 0.05) is 5.56 Å². The van der Waals surface area contributed by atoms with Crippen LogP contribution in [0.3, 0.4) is 0 Å². The summed E-state index contributed by atoms with van der Waals surface area (Å²) in [6, 6.07) is 3.98. The lowest BCUT2D eigenvalue weighted by atomic mass is 10.2. The normalized spacial score (nSPS) is 10.4. The highest BCUT2D eigenvalue weighted by Gasteiger charge is 2.19. The van der Waals surface area contributed by atoms with Crippen molar-refractivity contribution in [3.05, 3.63) is 21.4 Å². The van der Waals surface area contributed by atoms with E-state index in [0.29, 0.717) is 10.4 Å². The van der Waals surface area contributed by atoms with Crippen LogP contribution in [0.15, 0.2) is 5.38 Å².